The summed E-state index contributed by atoms with van der Waals surface area (Å²) in [4.78, 5) is 21.6. The third-order valence-corrected chi connectivity index (χ3v) is 1.71. The van der Waals surface area contributed by atoms with Crippen LogP contribution in [-0.4, -0.2) is 11.6 Å². The highest BCUT2D eigenvalue weighted by atomic mass is 16.1. The minimum atomic E-state index is -0.0720. The number of carbonyl (C=O) groups is 2. The lowest BCUT2D eigenvalue weighted by Crippen LogP contribution is -1.96. The molecule has 0 spiro atoms. The lowest BCUT2D eigenvalue weighted by molar-refractivity contribution is -0.116. The molecule has 0 rings (SSSR count). The molecule has 0 unspecified atom stereocenters. The van der Waals surface area contributed by atoms with Crippen molar-refractivity contribution in [2.75, 3.05) is 0 Å². The van der Waals surface area contributed by atoms with Gasteiger partial charge in [-0.05, 0) is 31.4 Å². The summed E-state index contributed by atoms with van der Waals surface area (Å²) in [5.74, 6) is 0.623. The first kappa shape index (κ1) is 12.1. The largest absolute Gasteiger partial charge is 0.295 e. The molecule has 0 aromatic heterocycles. The Bertz CT molecular complexity index is 202. The number of hydrogen-bond donors (Lipinski definition) is 0. The van der Waals surface area contributed by atoms with Crippen LogP contribution in [0.4, 0.5) is 0 Å². The molecule has 0 amide bonds. The van der Waals surface area contributed by atoms with Gasteiger partial charge >= 0.3 is 0 Å². The first-order valence-corrected chi connectivity index (χ1v) is 4.74. The molecule has 0 aromatic carbocycles. The van der Waals surface area contributed by atoms with E-state index in [1.165, 1.54) is 19.1 Å². The van der Waals surface area contributed by atoms with Gasteiger partial charge in [0.05, 0.1) is 0 Å². The SMILES string of the molecule is CC(=O)/C=C/C(=O)CCCC(C)C. The first-order valence-electron chi connectivity index (χ1n) is 4.74. The van der Waals surface area contributed by atoms with Gasteiger partial charge < -0.3 is 0 Å². The lowest BCUT2D eigenvalue weighted by Gasteiger charge is -2.01. The molecule has 0 aliphatic rings. The van der Waals surface area contributed by atoms with Crippen LogP contribution in [0.25, 0.3) is 0 Å². The van der Waals surface area contributed by atoms with Crippen LogP contribution in [-0.2, 0) is 9.59 Å². The molecule has 13 heavy (non-hydrogen) atoms. The van der Waals surface area contributed by atoms with E-state index in [-0.39, 0.29) is 11.6 Å². The zero-order valence-corrected chi connectivity index (χ0v) is 8.67. The maximum atomic E-state index is 11.1. The van der Waals surface area contributed by atoms with Crippen molar-refractivity contribution in [1.82, 2.24) is 0 Å². The molecule has 2 heteroatoms. The molecule has 0 fully saturated rings. The standard InChI is InChI=1S/C11H18O2/c1-9(2)5-4-6-11(13)8-7-10(3)12/h7-9H,4-6H2,1-3H3/b8-7+. The Morgan fingerprint density at radius 2 is 1.85 bits per heavy atom. The summed E-state index contributed by atoms with van der Waals surface area (Å²) in [6, 6.07) is 0. The second kappa shape index (κ2) is 6.58. The third-order valence-electron chi connectivity index (χ3n) is 1.71. The third kappa shape index (κ3) is 8.99. The van der Waals surface area contributed by atoms with Crippen LogP contribution in [0, 0.1) is 5.92 Å². The molecular formula is C11H18O2. The van der Waals surface area contributed by atoms with Gasteiger partial charge in [-0.25, -0.2) is 0 Å². The average Bonchev–Trinajstić information content (AvgIpc) is 2.00. The molecule has 0 bridgehead atoms. The fourth-order valence-electron chi connectivity index (χ4n) is 0.978. The van der Waals surface area contributed by atoms with Crippen LogP contribution < -0.4 is 0 Å². The van der Waals surface area contributed by atoms with E-state index in [4.69, 9.17) is 0 Å². The van der Waals surface area contributed by atoms with E-state index < -0.39 is 0 Å². The van der Waals surface area contributed by atoms with Crippen molar-refractivity contribution in [1.29, 1.82) is 0 Å². The van der Waals surface area contributed by atoms with Gasteiger partial charge in [0, 0.05) is 6.42 Å². The predicted octanol–water partition coefficient (Wildman–Crippen LogP) is 2.53. The fourth-order valence-corrected chi connectivity index (χ4v) is 0.978. The highest BCUT2D eigenvalue weighted by molar-refractivity contribution is 5.97. The van der Waals surface area contributed by atoms with Gasteiger partial charge in [-0.15, -0.1) is 0 Å². The Balaban J connectivity index is 3.58. The van der Waals surface area contributed by atoms with Crippen LogP contribution in [0.15, 0.2) is 12.2 Å². The summed E-state index contributed by atoms with van der Waals surface area (Å²) in [6.07, 6.45) is 5.25. The summed E-state index contributed by atoms with van der Waals surface area (Å²) in [5, 5.41) is 0. The van der Waals surface area contributed by atoms with E-state index in [1.807, 2.05) is 0 Å². The van der Waals surface area contributed by atoms with Crippen molar-refractivity contribution in [3.05, 3.63) is 12.2 Å². The molecule has 0 heterocycles. The Morgan fingerprint density at radius 1 is 1.23 bits per heavy atom. The molecule has 0 atom stereocenters. The Labute approximate surface area is 80.0 Å². The Morgan fingerprint density at radius 3 is 2.31 bits per heavy atom. The van der Waals surface area contributed by atoms with Crippen LogP contribution in [0.1, 0.15) is 40.0 Å². The Kier molecular flexibility index (Phi) is 6.11. The van der Waals surface area contributed by atoms with Crippen LogP contribution in [0.5, 0.6) is 0 Å². The molecule has 74 valence electrons. The summed E-state index contributed by atoms with van der Waals surface area (Å²) >= 11 is 0. The molecule has 0 saturated heterocycles. The van der Waals surface area contributed by atoms with E-state index in [0.717, 1.165) is 12.8 Å². The zero-order chi connectivity index (χ0) is 10.3. The van der Waals surface area contributed by atoms with Crippen LogP contribution in [0.2, 0.25) is 0 Å². The van der Waals surface area contributed by atoms with Crippen molar-refractivity contribution in [2.45, 2.75) is 40.0 Å². The number of rotatable bonds is 6. The van der Waals surface area contributed by atoms with Gasteiger partial charge in [0.2, 0.25) is 0 Å². The molecule has 0 radical (unpaired) electrons. The summed E-state index contributed by atoms with van der Waals surface area (Å²) in [7, 11) is 0. The molecular weight excluding hydrogens is 164 g/mol. The van der Waals surface area contributed by atoms with E-state index in [1.54, 1.807) is 0 Å². The maximum absolute atomic E-state index is 11.1. The van der Waals surface area contributed by atoms with E-state index in [0.29, 0.717) is 12.3 Å². The van der Waals surface area contributed by atoms with Gasteiger partial charge in [0.25, 0.3) is 0 Å². The van der Waals surface area contributed by atoms with Gasteiger partial charge in [-0.1, -0.05) is 20.3 Å². The number of allylic oxidation sites excluding steroid dienone is 2. The predicted molar refractivity (Wildman–Crippen MR) is 53.5 cm³/mol. The summed E-state index contributed by atoms with van der Waals surface area (Å²) in [5.41, 5.74) is 0. The molecule has 0 aliphatic heterocycles. The van der Waals surface area contributed by atoms with Gasteiger partial charge in [-0.2, -0.15) is 0 Å². The van der Waals surface area contributed by atoms with Gasteiger partial charge in [0.1, 0.15) is 0 Å². The highest BCUT2D eigenvalue weighted by Gasteiger charge is 1.99. The normalized spacial score (nSPS) is 11.1. The smallest absolute Gasteiger partial charge is 0.155 e. The highest BCUT2D eigenvalue weighted by Crippen LogP contribution is 2.06. The average molecular weight is 182 g/mol. The van der Waals surface area contributed by atoms with Crippen molar-refractivity contribution in [3.8, 4) is 0 Å². The second-order valence-electron chi connectivity index (χ2n) is 3.70. The van der Waals surface area contributed by atoms with E-state index in [2.05, 4.69) is 13.8 Å². The quantitative estimate of drug-likeness (QED) is 0.591. The van der Waals surface area contributed by atoms with Crippen LogP contribution in [0.3, 0.4) is 0 Å². The summed E-state index contributed by atoms with van der Waals surface area (Å²) in [6.45, 7) is 5.71. The number of hydrogen-bond acceptors (Lipinski definition) is 2. The number of carbonyl (C=O) groups excluding carboxylic acids is 2. The van der Waals surface area contributed by atoms with E-state index >= 15 is 0 Å². The molecule has 0 N–H and O–H groups in total. The summed E-state index contributed by atoms with van der Waals surface area (Å²) < 4.78 is 0. The Hall–Kier alpha value is -0.920. The minimum Gasteiger partial charge on any atom is -0.295 e. The topological polar surface area (TPSA) is 34.1 Å². The fraction of sp³-hybridized carbons (Fsp3) is 0.636. The molecule has 0 aromatic rings. The van der Waals surface area contributed by atoms with Crippen molar-refractivity contribution >= 4 is 11.6 Å². The minimum absolute atomic E-state index is 0.0517. The monoisotopic (exact) mass is 182 g/mol. The number of ketones is 2. The van der Waals surface area contributed by atoms with Crippen molar-refractivity contribution < 1.29 is 9.59 Å². The first-order chi connectivity index (χ1) is 6.02. The van der Waals surface area contributed by atoms with Crippen LogP contribution >= 0.6 is 0 Å². The lowest BCUT2D eigenvalue weighted by atomic mass is 10.0. The second-order valence-corrected chi connectivity index (χ2v) is 3.70. The van der Waals surface area contributed by atoms with Gasteiger partial charge in [-0.3, -0.25) is 9.59 Å². The van der Waals surface area contributed by atoms with Crippen molar-refractivity contribution in [2.24, 2.45) is 5.92 Å². The van der Waals surface area contributed by atoms with Crippen molar-refractivity contribution in [3.63, 3.8) is 0 Å². The molecule has 0 aliphatic carbocycles. The molecule has 0 saturated carbocycles. The zero-order valence-electron chi connectivity index (χ0n) is 8.67. The molecule has 2 nitrogen and oxygen atoms in total. The van der Waals surface area contributed by atoms with E-state index in [9.17, 15) is 9.59 Å². The maximum Gasteiger partial charge on any atom is 0.155 e. The van der Waals surface area contributed by atoms with Gasteiger partial charge in [0.15, 0.2) is 11.6 Å².